The smallest absolute Gasteiger partial charge is 0.242 e. The zero-order valence-corrected chi connectivity index (χ0v) is 21.0. The van der Waals surface area contributed by atoms with Crippen molar-refractivity contribution in [2.24, 2.45) is 40.1 Å². The fourth-order valence-electron chi connectivity index (χ4n) is 7.27. The molecule has 35 heavy (non-hydrogen) atoms. The Morgan fingerprint density at radius 1 is 1.23 bits per heavy atom. The second-order valence-corrected chi connectivity index (χ2v) is 11.2. The number of carbonyl (C=O) groups is 1. The zero-order valence-electron chi connectivity index (χ0n) is 21.0. The normalized spacial score (nSPS) is 29.6. The highest BCUT2D eigenvalue weighted by Crippen LogP contribution is 2.54. The molecule has 6 rings (SSSR count). The van der Waals surface area contributed by atoms with E-state index in [1.807, 2.05) is 0 Å². The molecule has 1 saturated carbocycles. The van der Waals surface area contributed by atoms with Crippen molar-refractivity contribution in [2.45, 2.75) is 51.2 Å². The molecule has 1 aliphatic carbocycles. The Balaban J connectivity index is 1.38. The average molecular weight is 477 g/mol. The van der Waals surface area contributed by atoms with E-state index >= 15 is 0 Å². The number of nitrogens with one attached hydrogen (secondary N) is 2. The molecule has 0 radical (unpaired) electrons. The van der Waals surface area contributed by atoms with Crippen LogP contribution in [0.15, 0.2) is 47.5 Å². The minimum atomic E-state index is -0.519. The van der Waals surface area contributed by atoms with Gasteiger partial charge in [0, 0.05) is 38.1 Å². The second kappa shape index (κ2) is 9.78. The van der Waals surface area contributed by atoms with Crippen LogP contribution in [0, 0.1) is 23.7 Å². The number of guanidine groups is 1. The average Bonchev–Trinajstić information content (AvgIpc) is 3.11. The van der Waals surface area contributed by atoms with Crippen molar-refractivity contribution in [3.05, 3.63) is 48.0 Å². The molecule has 6 N–H and O–H groups in total. The number of hydrogen-bond acceptors (Lipinski definition) is 4. The van der Waals surface area contributed by atoms with Gasteiger partial charge in [0.2, 0.25) is 5.91 Å². The third-order valence-corrected chi connectivity index (χ3v) is 8.55. The number of rotatable bonds is 9. The molecule has 5 unspecified atom stereocenters. The van der Waals surface area contributed by atoms with Crippen molar-refractivity contribution < 1.29 is 4.79 Å². The molecule has 4 bridgehead atoms. The van der Waals surface area contributed by atoms with E-state index in [0.717, 1.165) is 44.5 Å². The van der Waals surface area contributed by atoms with Gasteiger partial charge in [-0.1, -0.05) is 56.3 Å². The Morgan fingerprint density at radius 3 is 2.83 bits per heavy atom. The first-order valence-electron chi connectivity index (χ1n) is 13.2. The lowest BCUT2D eigenvalue weighted by atomic mass is 9.58. The molecule has 0 spiro atoms. The largest absolute Gasteiger partial charge is 0.370 e. The summed E-state index contributed by atoms with van der Waals surface area (Å²) in [5.74, 6) is 2.43. The van der Waals surface area contributed by atoms with E-state index in [-0.39, 0.29) is 17.9 Å². The minimum Gasteiger partial charge on any atom is -0.370 e. The van der Waals surface area contributed by atoms with Gasteiger partial charge in [0.1, 0.15) is 5.54 Å². The van der Waals surface area contributed by atoms with Gasteiger partial charge in [-0.15, -0.1) is 0 Å². The van der Waals surface area contributed by atoms with E-state index in [9.17, 15) is 4.79 Å². The first kappa shape index (κ1) is 24.1. The Bertz CT molecular complexity index is 1090. The molecule has 188 valence electrons. The third-order valence-electron chi connectivity index (χ3n) is 8.55. The Labute approximate surface area is 208 Å². The fraction of sp³-hybridized carbons (Fsp3) is 0.571. The number of nitrogens with two attached hydrogens (primary N) is 2. The SMILES string of the molecule is CC(C)CC1C2CNC3(C(=O)NCc4cccc5ccccc45)C(C2)CN(CCCN=C(N)N)C13. The number of benzene rings is 2. The van der Waals surface area contributed by atoms with Crippen LogP contribution in [0.2, 0.25) is 0 Å². The molecule has 3 heterocycles. The molecule has 3 saturated heterocycles. The van der Waals surface area contributed by atoms with Crippen LogP contribution in [0.1, 0.15) is 38.7 Å². The highest BCUT2D eigenvalue weighted by atomic mass is 16.2. The molecule has 4 fully saturated rings. The van der Waals surface area contributed by atoms with Gasteiger partial charge in [0.25, 0.3) is 0 Å². The molecule has 7 nitrogen and oxygen atoms in total. The van der Waals surface area contributed by atoms with Gasteiger partial charge in [-0.05, 0) is 59.9 Å². The lowest BCUT2D eigenvalue weighted by Crippen LogP contribution is -2.76. The van der Waals surface area contributed by atoms with E-state index in [1.165, 1.54) is 10.8 Å². The van der Waals surface area contributed by atoms with Gasteiger partial charge < -0.3 is 22.1 Å². The van der Waals surface area contributed by atoms with Gasteiger partial charge in [0.05, 0.1) is 0 Å². The number of piperidine rings is 2. The number of carbonyl (C=O) groups excluding carboxylic acids is 1. The summed E-state index contributed by atoms with van der Waals surface area (Å²) in [6, 6.07) is 14.9. The predicted molar refractivity (Wildman–Crippen MR) is 142 cm³/mol. The number of fused-ring (bicyclic) bond motifs is 2. The number of likely N-dealkylation sites (tertiary alicyclic amines) is 1. The summed E-state index contributed by atoms with van der Waals surface area (Å²) < 4.78 is 0. The van der Waals surface area contributed by atoms with Crippen molar-refractivity contribution in [2.75, 3.05) is 26.2 Å². The summed E-state index contributed by atoms with van der Waals surface area (Å²) in [6.45, 7) is 8.60. The van der Waals surface area contributed by atoms with E-state index in [1.54, 1.807) is 0 Å². The van der Waals surface area contributed by atoms with Crippen molar-refractivity contribution in [1.29, 1.82) is 0 Å². The van der Waals surface area contributed by atoms with Crippen LogP contribution >= 0.6 is 0 Å². The van der Waals surface area contributed by atoms with Crippen molar-refractivity contribution >= 4 is 22.6 Å². The van der Waals surface area contributed by atoms with E-state index in [0.29, 0.717) is 36.8 Å². The summed E-state index contributed by atoms with van der Waals surface area (Å²) in [5.41, 5.74) is 11.7. The van der Waals surface area contributed by atoms with Crippen LogP contribution in [-0.4, -0.2) is 54.5 Å². The topological polar surface area (TPSA) is 109 Å². The molecule has 0 aromatic heterocycles. The van der Waals surface area contributed by atoms with Crippen LogP contribution in [0.3, 0.4) is 0 Å². The van der Waals surface area contributed by atoms with Crippen molar-refractivity contribution in [1.82, 2.24) is 15.5 Å². The summed E-state index contributed by atoms with van der Waals surface area (Å²) in [7, 11) is 0. The maximum atomic E-state index is 14.1. The first-order valence-corrected chi connectivity index (χ1v) is 13.2. The number of hydrogen-bond donors (Lipinski definition) is 4. The summed E-state index contributed by atoms with van der Waals surface area (Å²) in [5, 5.41) is 9.57. The van der Waals surface area contributed by atoms with Gasteiger partial charge in [-0.3, -0.25) is 14.7 Å². The van der Waals surface area contributed by atoms with Crippen LogP contribution in [0.5, 0.6) is 0 Å². The molecule has 7 heteroatoms. The van der Waals surface area contributed by atoms with Gasteiger partial charge in [-0.2, -0.15) is 0 Å². The van der Waals surface area contributed by atoms with Gasteiger partial charge in [-0.25, -0.2) is 0 Å². The lowest BCUT2D eigenvalue weighted by molar-refractivity contribution is -0.139. The van der Waals surface area contributed by atoms with E-state index in [4.69, 9.17) is 11.5 Å². The van der Waals surface area contributed by atoms with Crippen LogP contribution in [-0.2, 0) is 11.3 Å². The maximum absolute atomic E-state index is 14.1. The quantitative estimate of drug-likeness (QED) is 0.253. The van der Waals surface area contributed by atoms with Crippen molar-refractivity contribution in [3.8, 4) is 0 Å². The molecule has 3 aliphatic heterocycles. The first-order chi connectivity index (χ1) is 16.9. The predicted octanol–water partition coefficient (Wildman–Crippen LogP) is 2.44. The Hall–Kier alpha value is -2.64. The van der Waals surface area contributed by atoms with Gasteiger partial charge >= 0.3 is 0 Å². The third kappa shape index (κ3) is 4.40. The van der Waals surface area contributed by atoms with E-state index in [2.05, 4.69) is 76.8 Å². The maximum Gasteiger partial charge on any atom is 0.242 e. The highest BCUT2D eigenvalue weighted by molar-refractivity contribution is 5.90. The van der Waals surface area contributed by atoms with Crippen LogP contribution in [0.4, 0.5) is 0 Å². The fourth-order valence-corrected chi connectivity index (χ4v) is 7.27. The standard InChI is InChI=1S/C28H40N6O/c1-18(2)13-24-21-14-22-17-34(12-6-11-31-27(29)30)25(24)28(22,33-16-21)26(35)32-15-20-9-5-8-19-7-3-4-10-23(19)20/h3-5,7-10,18,21-22,24-25,33H,6,11-17H2,1-2H3,(H,32,35)(H4,29,30,31). The number of nitrogens with zero attached hydrogens (tertiary/aromatic N) is 2. The monoisotopic (exact) mass is 476 g/mol. The lowest BCUT2D eigenvalue weighted by Gasteiger charge is -2.56. The second-order valence-electron chi connectivity index (χ2n) is 11.2. The van der Waals surface area contributed by atoms with Crippen molar-refractivity contribution in [3.63, 3.8) is 0 Å². The number of amides is 1. The molecule has 4 aliphatic rings. The van der Waals surface area contributed by atoms with Crippen LogP contribution < -0.4 is 22.1 Å². The Morgan fingerprint density at radius 2 is 2.03 bits per heavy atom. The molecular formula is C28H40N6O. The Kier molecular flexibility index (Phi) is 6.73. The summed E-state index contributed by atoms with van der Waals surface area (Å²) in [4.78, 5) is 20.8. The summed E-state index contributed by atoms with van der Waals surface area (Å²) in [6.07, 6.45) is 3.19. The minimum absolute atomic E-state index is 0.146. The highest BCUT2D eigenvalue weighted by Gasteiger charge is 2.67. The number of aliphatic imine (C=N–C) groups is 1. The van der Waals surface area contributed by atoms with Gasteiger partial charge in [0.15, 0.2) is 5.96 Å². The molecule has 1 amide bonds. The molecule has 2 aromatic carbocycles. The summed E-state index contributed by atoms with van der Waals surface area (Å²) >= 11 is 0. The molecule has 5 atom stereocenters. The van der Waals surface area contributed by atoms with E-state index < -0.39 is 5.54 Å². The van der Waals surface area contributed by atoms with Crippen LogP contribution in [0.25, 0.3) is 10.8 Å². The zero-order chi connectivity index (χ0) is 24.6. The molecular weight excluding hydrogens is 436 g/mol. The molecule has 2 aromatic rings.